The molecule has 1 atom stereocenters. The largest absolute Gasteiger partial charge is 0.324 e. The summed E-state index contributed by atoms with van der Waals surface area (Å²) in [7, 11) is -3.60. The number of carbonyl (C=O) groups excluding carboxylic acids is 1. The van der Waals surface area contributed by atoms with E-state index >= 15 is 0 Å². The van der Waals surface area contributed by atoms with Crippen LogP contribution in [0.5, 0.6) is 0 Å². The smallest absolute Gasteiger partial charge is 0.240 e. The van der Waals surface area contributed by atoms with Gasteiger partial charge < -0.3 is 5.32 Å². The van der Waals surface area contributed by atoms with Crippen LogP contribution in [0.2, 0.25) is 0 Å². The molecule has 1 fully saturated rings. The van der Waals surface area contributed by atoms with Gasteiger partial charge in [0.15, 0.2) is 0 Å². The number of piperidine rings is 1. The molecule has 1 unspecified atom stereocenters. The van der Waals surface area contributed by atoms with E-state index in [1.54, 1.807) is 18.2 Å². The highest BCUT2D eigenvalue weighted by atomic mass is 32.2. The standard InChI is InChI=1S/C21H25N3O3S2/c1-15-21(25)22-19-8-7-18(13-20(19)28-15)29(26,27)23-17-9-11-24(12-10-17)14-16-5-3-2-4-6-16/h2-8,13,15,17,23H,9-12,14H2,1H3,(H,22,25). The Morgan fingerprint density at radius 2 is 1.86 bits per heavy atom. The summed E-state index contributed by atoms with van der Waals surface area (Å²) in [6.07, 6.45) is 1.58. The van der Waals surface area contributed by atoms with E-state index in [9.17, 15) is 13.2 Å². The van der Waals surface area contributed by atoms with Crippen LogP contribution in [-0.4, -0.2) is 43.6 Å². The first-order chi connectivity index (χ1) is 13.9. The molecule has 2 N–H and O–H groups in total. The Labute approximate surface area is 176 Å². The van der Waals surface area contributed by atoms with E-state index in [4.69, 9.17) is 0 Å². The third-order valence-electron chi connectivity index (χ3n) is 5.35. The molecule has 0 aromatic heterocycles. The minimum absolute atomic E-state index is 0.0569. The van der Waals surface area contributed by atoms with E-state index < -0.39 is 10.0 Å². The number of sulfonamides is 1. The minimum Gasteiger partial charge on any atom is -0.324 e. The number of nitrogens with one attached hydrogen (secondary N) is 2. The molecule has 2 aromatic rings. The maximum atomic E-state index is 12.9. The SMILES string of the molecule is CC1Sc2cc(S(=O)(=O)NC3CCN(Cc4ccccc4)CC3)ccc2NC1=O. The lowest BCUT2D eigenvalue weighted by Gasteiger charge is -2.32. The molecule has 2 aliphatic rings. The van der Waals surface area contributed by atoms with Crippen molar-refractivity contribution in [3.8, 4) is 0 Å². The molecule has 4 rings (SSSR count). The van der Waals surface area contributed by atoms with Crippen LogP contribution in [0.1, 0.15) is 25.3 Å². The van der Waals surface area contributed by atoms with E-state index in [2.05, 4.69) is 27.1 Å². The molecular weight excluding hydrogens is 406 g/mol. The molecule has 1 amide bonds. The molecule has 0 radical (unpaired) electrons. The van der Waals surface area contributed by atoms with E-state index in [0.717, 1.165) is 37.4 Å². The van der Waals surface area contributed by atoms with Crippen molar-refractivity contribution in [2.45, 2.75) is 47.4 Å². The molecule has 2 aromatic carbocycles. The van der Waals surface area contributed by atoms with Gasteiger partial charge in [-0.3, -0.25) is 9.69 Å². The lowest BCUT2D eigenvalue weighted by atomic mass is 10.1. The molecule has 0 saturated carbocycles. The summed E-state index contributed by atoms with van der Waals surface area (Å²) >= 11 is 1.39. The fraction of sp³-hybridized carbons (Fsp3) is 0.381. The van der Waals surface area contributed by atoms with Crippen LogP contribution in [0.15, 0.2) is 58.3 Å². The van der Waals surface area contributed by atoms with Crippen molar-refractivity contribution in [1.29, 1.82) is 0 Å². The normalized spacial score (nSPS) is 20.9. The van der Waals surface area contributed by atoms with Crippen molar-refractivity contribution in [3.05, 3.63) is 54.1 Å². The first-order valence-electron chi connectivity index (χ1n) is 9.81. The summed E-state index contributed by atoms with van der Waals surface area (Å²) in [6.45, 7) is 4.44. The minimum atomic E-state index is -3.60. The van der Waals surface area contributed by atoms with E-state index in [1.807, 2.05) is 25.1 Å². The zero-order valence-electron chi connectivity index (χ0n) is 16.3. The van der Waals surface area contributed by atoms with Gasteiger partial charge >= 0.3 is 0 Å². The number of hydrogen-bond donors (Lipinski definition) is 2. The van der Waals surface area contributed by atoms with Gasteiger partial charge in [-0.15, -0.1) is 11.8 Å². The van der Waals surface area contributed by atoms with Gasteiger partial charge in [0.05, 0.1) is 15.8 Å². The molecular formula is C21H25N3O3S2. The Balaban J connectivity index is 1.37. The van der Waals surface area contributed by atoms with Crippen molar-refractivity contribution in [3.63, 3.8) is 0 Å². The van der Waals surface area contributed by atoms with Crippen LogP contribution >= 0.6 is 11.8 Å². The van der Waals surface area contributed by atoms with E-state index in [0.29, 0.717) is 5.69 Å². The van der Waals surface area contributed by atoms with Crippen molar-refractivity contribution in [2.75, 3.05) is 18.4 Å². The predicted molar refractivity (Wildman–Crippen MR) is 115 cm³/mol. The summed E-state index contributed by atoms with van der Waals surface area (Å²) in [5.41, 5.74) is 1.95. The maximum absolute atomic E-state index is 12.9. The van der Waals surface area contributed by atoms with E-state index in [1.165, 1.54) is 17.3 Å². The second-order valence-corrected chi connectivity index (χ2v) is 10.7. The Kier molecular flexibility index (Phi) is 5.96. The first kappa shape index (κ1) is 20.4. The van der Waals surface area contributed by atoms with Crippen LogP contribution in [0.4, 0.5) is 5.69 Å². The van der Waals surface area contributed by atoms with Crippen LogP contribution in [0.25, 0.3) is 0 Å². The van der Waals surface area contributed by atoms with Gasteiger partial charge in [-0.1, -0.05) is 30.3 Å². The zero-order chi connectivity index (χ0) is 20.4. The lowest BCUT2D eigenvalue weighted by molar-refractivity contribution is -0.115. The molecule has 8 heteroatoms. The van der Waals surface area contributed by atoms with Gasteiger partial charge in [-0.25, -0.2) is 13.1 Å². The zero-order valence-corrected chi connectivity index (χ0v) is 17.9. The number of anilines is 1. The second kappa shape index (κ2) is 8.47. The van der Waals surface area contributed by atoms with Gasteiger partial charge in [0.2, 0.25) is 15.9 Å². The predicted octanol–water partition coefficient (Wildman–Crippen LogP) is 3.06. The highest BCUT2D eigenvalue weighted by Gasteiger charge is 2.27. The highest BCUT2D eigenvalue weighted by Crippen LogP contribution is 2.36. The molecule has 0 bridgehead atoms. The molecule has 154 valence electrons. The molecule has 1 saturated heterocycles. The van der Waals surface area contributed by atoms with Crippen LogP contribution in [0.3, 0.4) is 0 Å². The summed E-state index contributed by atoms with van der Waals surface area (Å²) in [5, 5.41) is 2.58. The number of benzene rings is 2. The third-order valence-corrected chi connectivity index (χ3v) is 8.03. The number of hydrogen-bond acceptors (Lipinski definition) is 5. The van der Waals surface area contributed by atoms with Gasteiger partial charge in [0, 0.05) is 30.6 Å². The molecule has 0 aliphatic carbocycles. The number of nitrogens with zero attached hydrogens (tertiary/aromatic N) is 1. The van der Waals surface area contributed by atoms with Crippen molar-refractivity contribution >= 4 is 33.4 Å². The van der Waals surface area contributed by atoms with Gasteiger partial charge in [0.25, 0.3) is 0 Å². The summed E-state index contributed by atoms with van der Waals surface area (Å²) in [4.78, 5) is 15.2. The summed E-state index contributed by atoms with van der Waals surface area (Å²) in [5.74, 6) is -0.0569. The van der Waals surface area contributed by atoms with Crippen LogP contribution < -0.4 is 10.0 Å². The Morgan fingerprint density at radius 3 is 2.59 bits per heavy atom. The molecule has 2 aliphatic heterocycles. The Hall–Kier alpha value is -1.87. The Morgan fingerprint density at radius 1 is 1.14 bits per heavy atom. The number of rotatable bonds is 5. The summed E-state index contributed by atoms with van der Waals surface area (Å²) in [6, 6.07) is 15.2. The Bertz CT molecular complexity index is 987. The van der Waals surface area contributed by atoms with Gasteiger partial charge in [-0.2, -0.15) is 0 Å². The fourth-order valence-electron chi connectivity index (χ4n) is 3.69. The molecule has 29 heavy (non-hydrogen) atoms. The molecule has 0 spiro atoms. The third kappa shape index (κ3) is 4.83. The highest BCUT2D eigenvalue weighted by molar-refractivity contribution is 8.01. The lowest BCUT2D eigenvalue weighted by Crippen LogP contribution is -2.44. The quantitative estimate of drug-likeness (QED) is 0.761. The van der Waals surface area contributed by atoms with Gasteiger partial charge in [-0.05, 0) is 43.5 Å². The number of amides is 1. The maximum Gasteiger partial charge on any atom is 0.240 e. The van der Waals surface area contributed by atoms with Crippen LogP contribution in [-0.2, 0) is 21.4 Å². The second-order valence-electron chi connectivity index (χ2n) is 7.56. The number of carbonyl (C=O) groups is 1. The van der Waals surface area contributed by atoms with Crippen LogP contribution in [0, 0.1) is 0 Å². The summed E-state index contributed by atoms with van der Waals surface area (Å²) < 4.78 is 28.6. The van der Waals surface area contributed by atoms with Crippen molar-refractivity contribution < 1.29 is 13.2 Å². The van der Waals surface area contributed by atoms with Crippen molar-refractivity contribution in [2.24, 2.45) is 0 Å². The van der Waals surface area contributed by atoms with E-state index in [-0.39, 0.29) is 22.1 Å². The number of fused-ring (bicyclic) bond motifs is 1. The fourth-order valence-corrected chi connectivity index (χ4v) is 6.08. The average Bonchev–Trinajstić information content (AvgIpc) is 2.70. The first-order valence-corrected chi connectivity index (χ1v) is 12.2. The average molecular weight is 432 g/mol. The monoisotopic (exact) mass is 431 g/mol. The van der Waals surface area contributed by atoms with Crippen molar-refractivity contribution in [1.82, 2.24) is 9.62 Å². The topological polar surface area (TPSA) is 78.5 Å². The number of thioether (sulfide) groups is 1. The van der Waals surface area contributed by atoms with Gasteiger partial charge in [0.1, 0.15) is 0 Å². The number of likely N-dealkylation sites (tertiary alicyclic amines) is 1. The molecule has 6 nitrogen and oxygen atoms in total. The molecule has 2 heterocycles.